The Morgan fingerprint density at radius 1 is 1.33 bits per heavy atom. The van der Waals surface area contributed by atoms with E-state index >= 15 is 0 Å². The van der Waals surface area contributed by atoms with Gasteiger partial charge in [0.1, 0.15) is 12.1 Å². The number of benzene rings is 1. The minimum atomic E-state index is -0.196. The number of carbonyl (C=O) groups is 1. The lowest BCUT2D eigenvalue weighted by atomic mass is 10.1. The molecule has 0 radical (unpaired) electrons. The van der Waals surface area contributed by atoms with E-state index in [9.17, 15) is 4.79 Å². The predicted octanol–water partition coefficient (Wildman–Crippen LogP) is 1.75. The molecule has 0 aliphatic heterocycles. The van der Waals surface area contributed by atoms with Crippen LogP contribution in [0.2, 0.25) is 0 Å². The summed E-state index contributed by atoms with van der Waals surface area (Å²) < 4.78 is 9.07. The number of tetrazole rings is 1. The lowest BCUT2D eigenvalue weighted by molar-refractivity contribution is -0.123. The molecule has 9 nitrogen and oxygen atoms in total. The van der Waals surface area contributed by atoms with Gasteiger partial charge in [0.25, 0.3) is 5.91 Å². The zero-order chi connectivity index (χ0) is 19.4. The van der Waals surface area contributed by atoms with Gasteiger partial charge in [0.2, 0.25) is 0 Å². The first-order chi connectivity index (χ1) is 13.0. The molecule has 0 saturated heterocycles. The van der Waals surface area contributed by atoms with Crippen molar-refractivity contribution in [2.75, 3.05) is 6.61 Å². The van der Waals surface area contributed by atoms with E-state index in [4.69, 9.17) is 4.74 Å². The molecular weight excluding hydrogens is 346 g/mol. The van der Waals surface area contributed by atoms with Crippen LogP contribution in [-0.2, 0) is 11.3 Å². The second-order valence-electron chi connectivity index (χ2n) is 6.23. The minimum absolute atomic E-state index is 0.0799. The molecule has 1 aromatic carbocycles. The van der Waals surface area contributed by atoms with Crippen molar-refractivity contribution in [1.82, 2.24) is 35.3 Å². The second-order valence-corrected chi connectivity index (χ2v) is 6.23. The highest BCUT2D eigenvalue weighted by Crippen LogP contribution is 2.21. The van der Waals surface area contributed by atoms with E-state index in [0.29, 0.717) is 5.75 Å². The first-order valence-corrected chi connectivity index (χ1v) is 8.79. The normalized spacial score (nSPS) is 12.0. The van der Waals surface area contributed by atoms with Crippen LogP contribution in [0.25, 0.3) is 5.69 Å². The molecule has 3 rings (SSSR count). The molecule has 27 heavy (non-hydrogen) atoms. The molecule has 1 N–H and O–H groups in total. The van der Waals surface area contributed by atoms with Crippen molar-refractivity contribution in [3.63, 3.8) is 0 Å². The van der Waals surface area contributed by atoms with Crippen molar-refractivity contribution < 1.29 is 9.53 Å². The lowest BCUT2D eigenvalue weighted by Gasteiger charge is -2.15. The molecular formula is C18H23N7O2. The zero-order valence-electron chi connectivity index (χ0n) is 15.9. The fourth-order valence-electron chi connectivity index (χ4n) is 3.14. The Morgan fingerprint density at radius 3 is 2.81 bits per heavy atom. The Hall–Kier alpha value is -3.23. The van der Waals surface area contributed by atoms with Gasteiger partial charge < -0.3 is 10.1 Å². The van der Waals surface area contributed by atoms with Crippen molar-refractivity contribution in [2.24, 2.45) is 0 Å². The van der Waals surface area contributed by atoms with Gasteiger partial charge in [-0.1, -0.05) is 6.07 Å². The van der Waals surface area contributed by atoms with Gasteiger partial charge in [-0.2, -0.15) is 5.10 Å². The smallest absolute Gasteiger partial charge is 0.258 e. The summed E-state index contributed by atoms with van der Waals surface area (Å²) in [7, 11) is 0. The summed E-state index contributed by atoms with van der Waals surface area (Å²) in [5, 5.41) is 18.5. The third-order valence-corrected chi connectivity index (χ3v) is 4.35. The summed E-state index contributed by atoms with van der Waals surface area (Å²) in [6.07, 6.45) is 1.49. The van der Waals surface area contributed by atoms with Crippen LogP contribution in [0.4, 0.5) is 0 Å². The van der Waals surface area contributed by atoms with E-state index in [-0.39, 0.29) is 18.6 Å². The van der Waals surface area contributed by atoms with Gasteiger partial charge in [0, 0.05) is 23.9 Å². The van der Waals surface area contributed by atoms with Crippen LogP contribution in [0.1, 0.15) is 36.8 Å². The van der Waals surface area contributed by atoms with Gasteiger partial charge in [-0.25, -0.2) is 4.68 Å². The zero-order valence-corrected chi connectivity index (χ0v) is 15.9. The largest absolute Gasteiger partial charge is 0.484 e. The average molecular weight is 369 g/mol. The SMILES string of the molecule is CCn1nc(C)c([C@@H](C)NC(=O)COc2cccc(-n3cnnn3)c2)c1C. The van der Waals surface area contributed by atoms with Crippen molar-refractivity contribution in [1.29, 1.82) is 0 Å². The van der Waals surface area contributed by atoms with Gasteiger partial charge in [0.15, 0.2) is 6.61 Å². The van der Waals surface area contributed by atoms with Gasteiger partial charge in [-0.3, -0.25) is 9.48 Å². The molecule has 142 valence electrons. The summed E-state index contributed by atoms with van der Waals surface area (Å²) in [4.78, 5) is 12.3. The van der Waals surface area contributed by atoms with Crippen LogP contribution >= 0.6 is 0 Å². The second kappa shape index (κ2) is 7.98. The fraction of sp³-hybridized carbons (Fsp3) is 0.389. The maximum absolute atomic E-state index is 12.3. The van der Waals surface area contributed by atoms with Crippen molar-refractivity contribution in [3.05, 3.63) is 47.5 Å². The molecule has 0 aliphatic rings. The summed E-state index contributed by atoms with van der Waals surface area (Å²) in [5.74, 6) is 0.371. The van der Waals surface area contributed by atoms with Gasteiger partial charge >= 0.3 is 0 Å². The number of rotatable bonds is 7. The Kier molecular flexibility index (Phi) is 5.49. The van der Waals surface area contributed by atoms with Crippen LogP contribution in [-0.4, -0.2) is 42.5 Å². The fourth-order valence-corrected chi connectivity index (χ4v) is 3.14. The number of hydrogen-bond acceptors (Lipinski definition) is 6. The minimum Gasteiger partial charge on any atom is -0.484 e. The molecule has 2 heterocycles. The van der Waals surface area contributed by atoms with Crippen molar-refractivity contribution in [3.8, 4) is 11.4 Å². The summed E-state index contributed by atoms with van der Waals surface area (Å²) in [6, 6.07) is 7.08. The third-order valence-electron chi connectivity index (χ3n) is 4.35. The Balaban J connectivity index is 1.60. The molecule has 0 bridgehead atoms. The van der Waals surface area contributed by atoms with E-state index in [0.717, 1.165) is 29.2 Å². The Bertz CT molecular complexity index is 918. The highest BCUT2D eigenvalue weighted by Gasteiger charge is 2.19. The van der Waals surface area contributed by atoms with Crippen LogP contribution in [0.15, 0.2) is 30.6 Å². The van der Waals surface area contributed by atoms with Crippen molar-refractivity contribution in [2.45, 2.75) is 40.3 Å². The number of nitrogens with zero attached hydrogens (tertiary/aromatic N) is 6. The molecule has 2 aromatic heterocycles. The van der Waals surface area contributed by atoms with Crippen LogP contribution in [0, 0.1) is 13.8 Å². The topological polar surface area (TPSA) is 99.8 Å². The monoisotopic (exact) mass is 369 g/mol. The molecule has 1 amide bonds. The number of nitrogens with one attached hydrogen (secondary N) is 1. The molecule has 0 unspecified atom stereocenters. The number of aromatic nitrogens is 6. The quantitative estimate of drug-likeness (QED) is 0.681. The number of hydrogen-bond donors (Lipinski definition) is 1. The molecule has 3 aromatic rings. The molecule has 0 spiro atoms. The average Bonchev–Trinajstić information content (AvgIpc) is 3.28. The van der Waals surface area contributed by atoms with Gasteiger partial charge in [-0.15, -0.1) is 5.10 Å². The molecule has 0 saturated carbocycles. The van der Waals surface area contributed by atoms with E-state index in [1.54, 1.807) is 12.1 Å². The molecule has 9 heteroatoms. The van der Waals surface area contributed by atoms with Crippen LogP contribution in [0.3, 0.4) is 0 Å². The summed E-state index contributed by atoms with van der Waals surface area (Å²) in [6.45, 7) is 8.69. The first-order valence-electron chi connectivity index (χ1n) is 8.79. The van der Waals surface area contributed by atoms with Crippen LogP contribution < -0.4 is 10.1 Å². The lowest BCUT2D eigenvalue weighted by Crippen LogP contribution is -2.31. The van der Waals surface area contributed by atoms with Crippen LogP contribution in [0.5, 0.6) is 5.75 Å². The Morgan fingerprint density at radius 2 is 2.15 bits per heavy atom. The highest BCUT2D eigenvalue weighted by atomic mass is 16.5. The number of aryl methyl sites for hydroxylation is 2. The van der Waals surface area contributed by atoms with Gasteiger partial charge in [-0.05, 0) is 50.3 Å². The summed E-state index contributed by atoms with van der Waals surface area (Å²) >= 11 is 0. The maximum Gasteiger partial charge on any atom is 0.258 e. The standard InChI is InChI=1S/C18H23N7O2/c1-5-24-14(4)18(13(3)21-24)12(2)20-17(26)10-27-16-8-6-7-15(9-16)25-11-19-22-23-25/h6-9,11-12H,5,10H2,1-4H3,(H,20,26)/t12-/m1/s1. The highest BCUT2D eigenvalue weighted by molar-refractivity contribution is 5.78. The van der Waals surface area contributed by atoms with E-state index < -0.39 is 0 Å². The number of amides is 1. The number of ether oxygens (including phenoxy) is 1. The summed E-state index contributed by atoms with van der Waals surface area (Å²) in [5.41, 5.74) is 3.80. The van der Waals surface area contributed by atoms with E-state index in [1.165, 1.54) is 11.0 Å². The van der Waals surface area contributed by atoms with Gasteiger partial charge in [0.05, 0.1) is 17.4 Å². The molecule has 1 atom stereocenters. The predicted molar refractivity (Wildman–Crippen MR) is 98.6 cm³/mol. The number of carbonyl (C=O) groups excluding carboxylic acids is 1. The third kappa shape index (κ3) is 4.13. The molecule has 0 aliphatic carbocycles. The first kappa shape index (κ1) is 18.6. The Labute approximate surface area is 157 Å². The maximum atomic E-state index is 12.3. The van der Waals surface area contributed by atoms with E-state index in [1.807, 2.05) is 44.5 Å². The van der Waals surface area contributed by atoms with E-state index in [2.05, 4.69) is 25.9 Å². The van der Waals surface area contributed by atoms with Crippen molar-refractivity contribution >= 4 is 5.91 Å². The molecule has 0 fully saturated rings.